The lowest BCUT2D eigenvalue weighted by atomic mass is 10.0. The molecule has 0 aliphatic heterocycles. The number of aryl methyl sites for hydroxylation is 1. The van der Waals surface area contributed by atoms with Crippen molar-refractivity contribution in [2.24, 2.45) is 0 Å². The summed E-state index contributed by atoms with van der Waals surface area (Å²) < 4.78 is 21.8. The fourth-order valence-electron chi connectivity index (χ4n) is 1.72. The quantitative estimate of drug-likeness (QED) is 0.613. The summed E-state index contributed by atoms with van der Waals surface area (Å²) in [5.74, 6) is 0. The highest BCUT2D eigenvalue weighted by atomic mass is 31.2. The van der Waals surface area contributed by atoms with E-state index in [0.717, 1.165) is 0 Å². The highest BCUT2D eigenvalue weighted by Gasteiger charge is 2.18. The summed E-state index contributed by atoms with van der Waals surface area (Å²) >= 11 is 0. The van der Waals surface area contributed by atoms with Crippen molar-refractivity contribution >= 4 is 15.2 Å². The van der Waals surface area contributed by atoms with Gasteiger partial charge in [0, 0.05) is 0 Å². The molecule has 6 nitrogen and oxygen atoms in total. The Morgan fingerprint density at radius 3 is 1.94 bits per heavy atom. The largest absolute Gasteiger partial charge is 0.329 e. The van der Waals surface area contributed by atoms with E-state index in [9.17, 15) is 9.13 Å². The van der Waals surface area contributed by atoms with Gasteiger partial charge in [-0.3, -0.25) is 9.13 Å². The molecule has 0 aliphatic rings. The van der Waals surface area contributed by atoms with Crippen LogP contribution in [0.1, 0.15) is 23.6 Å². The molecule has 0 bridgehead atoms. The Morgan fingerprint density at radius 2 is 1.50 bits per heavy atom. The molecule has 4 N–H and O–H groups in total. The summed E-state index contributed by atoms with van der Waals surface area (Å²) in [5, 5.41) is 0. The van der Waals surface area contributed by atoms with Crippen LogP contribution in [0, 0.1) is 0 Å². The first-order valence-electron chi connectivity index (χ1n) is 5.30. The summed E-state index contributed by atoms with van der Waals surface area (Å²) in [7, 11) is -8.26. The lowest BCUT2D eigenvalue weighted by molar-refractivity contribution is 0.369. The summed E-state index contributed by atoms with van der Waals surface area (Å²) in [6.45, 7) is 1.82. The van der Waals surface area contributed by atoms with Crippen LogP contribution in [0.4, 0.5) is 0 Å². The molecule has 0 saturated carbocycles. The van der Waals surface area contributed by atoms with Gasteiger partial charge in [0.2, 0.25) is 0 Å². The van der Waals surface area contributed by atoms with Crippen LogP contribution in [0.2, 0.25) is 0 Å². The highest BCUT2D eigenvalue weighted by molar-refractivity contribution is 7.51. The van der Waals surface area contributed by atoms with Crippen molar-refractivity contribution in [2.75, 3.05) is 0 Å². The second-order valence-electron chi connectivity index (χ2n) is 4.10. The fourth-order valence-corrected chi connectivity index (χ4v) is 3.15. The third-order valence-electron chi connectivity index (χ3n) is 2.42. The maximum Gasteiger partial charge on any atom is 0.329 e. The predicted molar refractivity (Wildman–Crippen MR) is 67.3 cm³/mol. The number of hydrogen-bond donors (Lipinski definition) is 4. The molecule has 0 aromatic heterocycles. The van der Waals surface area contributed by atoms with Crippen molar-refractivity contribution in [3.8, 4) is 0 Å². The lowest BCUT2D eigenvalue weighted by Gasteiger charge is -2.12. The molecule has 1 aromatic rings. The molecule has 8 heteroatoms. The molecule has 0 saturated heterocycles. The van der Waals surface area contributed by atoms with Gasteiger partial charge in [0.05, 0.1) is 12.3 Å². The standard InChI is InChI=1S/C10H16O6P2/c1-2-9-5-8(6-17(11,12)13)3-4-10(9)7-18(14,15)16/h3-5H,2,6-7H2,1H3,(H2,11,12,13)(H2,14,15,16). The average Bonchev–Trinajstić information content (AvgIpc) is 2.16. The molecule has 0 atom stereocenters. The molecule has 0 radical (unpaired) electrons. The lowest BCUT2D eigenvalue weighted by Crippen LogP contribution is -1.97. The average molecular weight is 294 g/mol. The van der Waals surface area contributed by atoms with Crippen LogP contribution in [0.5, 0.6) is 0 Å². The van der Waals surface area contributed by atoms with Gasteiger partial charge in [-0.2, -0.15) is 0 Å². The van der Waals surface area contributed by atoms with Gasteiger partial charge in [0.1, 0.15) is 0 Å². The Labute approximate surface area is 105 Å². The maximum absolute atomic E-state index is 11.0. The van der Waals surface area contributed by atoms with Gasteiger partial charge in [0.15, 0.2) is 0 Å². The monoisotopic (exact) mass is 294 g/mol. The van der Waals surface area contributed by atoms with E-state index in [2.05, 4.69) is 0 Å². The molecule has 0 aliphatic carbocycles. The third-order valence-corrected chi connectivity index (χ3v) is 3.95. The molecular weight excluding hydrogens is 278 g/mol. The van der Waals surface area contributed by atoms with E-state index in [4.69, 9.17) is 19.6 Å². The smallest absolute Gasteiger partial charge is 0.324 e. The van der Waals surface area contributed by atoms with E-state index in [1.54, 1.807) is 6.07 Å². The zero-order valence-electron chi connectivity index (χ0n) is 9.85. The Morgan fingerprint density at radius 1 is 0.944 bits per heavy atom. The summed E-state index contributed by atoms with van der Waals surface area (Å²) in [4.78, 5) is 35.6. The topological polar surface area (TPSA) is 115 Å². The van der Waals surface area contributed by atoms with Crippen molar-refractivity contribution in [3.63, 3.8) is 0 Å². The number of rotatable bonds is 5. The molecule has 0 fully saturated rings. The van der Waals surface area contributed by atoms with Gasteiger partial charge >= 0.3 is 15.2 Å². The molecule has 102 valence electrons. The first-order valence-corrected chi connectivity index (χ1v) is 8.90. The van der Waals surface area contributed by atoms with Gasteiger partial charge in [-0.05, 0) is 23.1 Å². The minimum atomic E-state index is -4.14. The summed E-state index contributed by atoms with van der Waals surface area (Å²) in [6, 6.07) is 4.59. The number of benzene rings is 1. The Bertz CT molecular complexity index is 515. The van der Waals surface area contributed by atoms with E-state index >= 15 is 0 Å². The second kappa shape index (κ2) is 5.66. The van der Waals surface area contributed by atoms with E-state index in [1.807, 2.05) is 6.92 Å². The van der Waals surface area contributed by atoms with Gasteiger partial charge in [-0.25, -0.2) is 0 Å². The van der Waals surface area contributed by atoms with Crippen molar-refractivity contribution in [1.82, 2.24) is 0 Å². The van der Waals surface area contributed by atoms with E-state index in [1.165, 1.54) is 12.1 Å². The Balaban J connectivity index is 3.04. The van der Waals surface area contributed by atoms with Crippen LogP contribution < -0.4 is 0 Å². The highest BCUT2D eigenvalue weighted by Crippen LogP contribution is 2.42. The maximum atomic E-state index is 11.0. The predicted octanol–water partition coefficient (Wildman–Crippen LogP) is 1.60. The first kappa shape index (κ1) is 15.6. The summed E-state index contributed by atoms with van der Waals surface area (Å²) in [6.07, 6.45) is -0.174. The van der Waals surface area contributed by atoms with Gasteiger partial charge in [-0.15, -0.1) is 0 Å². The van der Waals surface area contributed by atoms with E-state index in [0.29, 0.717) is 23.1 Å². The Kier molecular flexibility index (Phi) is 4.90. The van der Waals surface area contributed by atoms with Crippen LogP contribution in [-0.4, -0.2) is 19.6 Å². The molecular formula is C10H16O6P2. The molecule has 0 unspecified atom stereocenters. The first-order chi connectivity index (χ1) is 8.11. The van der Waals surface area contributed by atoms with Crippen LogP contribution in [0.3, 0.4) is 0 Å². The van der Waals surface area contributed by atoms with E-state index < -0.39 is 15.2 Å². The second-order valence-corrected chi connectivity index (χ2v) is 7.39. The van der Waals surface area contributed by atoms with Crippen molar-refractivity contribution < 1.29 is 28.7 Å². The summed E-state index contributed by atoms with van der Waals surface area (Å²) in [5.41, 5.74) is 1.68. The SMILES string of the molecule is CCc1cc(CP(=O)(O)O)ccc1CP(=O)(O)O. The molecule has 0 heterocycles. The Hall–Kier alpha value is -0.480. The van der Waals surface area contributed by atoms with Crippen LogP contribution in [0.25, 0.3) is 0 Å². The van der Waals surface area contributed by atoms with Crippen LogP contribution in [-0.2, 0) is 27.9 Å². The van der Waals surface area contributed by atoms with Gasteiger partial charge in [-0.1, -0.05) is 25.1 Å². The molecule has 0 amide bonds. The number of hydrogen-bond acceptors (Lipinski definition) is 2. The van der Waals surface area contributed by atoms with Crippen molar-refractivity contribution in [2.45, 2.75) is 25.7 Å². The minimum absolute atomic E-state index is 0.355. The third kappa shape index (κ3) is 5.44. The van der Waals surface area contributed by atoms with Gasteiger partial charge in [0.25, 0.3) is 0 Å². The molecule has 1 aromatic carbocycles. The van der Waals surface area contributed by atoms with E-state index in [-0.39, 0.29) is 12.3 Å². The molecule has 18 heavy (non-hydrogen) atoms. The molecule has 1 rings (SSSR count). The van der Waals surface area contributed by atoms with Crippen LogP contribution in [0.15, 0.2) is 18.2 Å². The van der Waals surface area contributed by atoms with Crippen molar-refractivity contribution in [3.05, 3.63) is 34.9 Å². The van der Waals surface area contributed by atoms with Crippen LogP contribution >= 0.6 is 15.2 Å². The van der Waals surface area contributed by atoms with Crippen molar-refractivity contribution in [1.29, 1.82) is 0 Å². The normalized spacial score (nSPS) is 12.7. The minimum Gasteiger partial charge on any atom is -0.324 e. The fraction of sp³-hybridized carbons (Fsp3) is 0.400. The zero-order chi connectivity index (χ0) is 14.0. The zero-order valence-corrected chi connectivity index (χ0v) is 11.6. The van der Waals surface area contributed by atoms with Gasteiger partial charge < -0.3 is 19.6 Å². The molecule has 0 spiro atoms.